The van der Waals surface area contributed by atoms with E-state index >= 15 is 0 Å². The van der Waals surface area contributed by atoms with Crippen LogP contribution in [-0.4, -0.2) is 42.1 Å². The van der Waals surface area contributed by atoms with Gasteiger partial charge in [0.2, 0.25) is 0 Å². The number of aliphatic hydroxyl groups is 1. The van der Waals surface area contributed by atoms with Crippen LogP contribution >= 0.6 is 11.8 Å². The Bertz CT molecular complexity index is 477. The molecule has 2 N–H and O–H groups in total. The Morgan fingerprint density at radius 3 is 2.90 bits per heavy atom. The molecule has 0 aromatic heterocycles. The Kier molecular flexibility index (Phi) is 4.29. The maximum Gasteiger partial charge on any atom is 0.251 e. The van der Waals surface area contributed by atoms with Gasteiger partial charge in [0.05, 0.1) is 12.7 Å². The van der Waals surface area contributed by atoms with E-state index in [0.717, 1.165) is 24.3 Å². The minimum atomic E-state index is -0.000872. The zero-order chi connectivity index (χ0) is 13.9. The molecule has 3 rings (SSSR count). The van der Waals surface area contributed by atoms with Gasteiger partial charge in [0.15, 0.2) is 0 Å². The van der Waals surface area contributed by atoms with Gasteiger partial charge in [-0.1, -0.05) is 0 Å². The van der Waals surface area contributed by atoms with Crippen LogP contribution in [0.15, 0.2) is 29.2 Å². The molecule has 0 radical (unpaired) electrons. The number of nitrogens with one attached hydrogen (secondary N) is 1. The maximum absolute atomic E-state index is 12.2. The van der Waals surface area contributed by atoms with E-state index in [9.17, 15) is 4.79 Å². The fourth-order valence-electron chi connectivity index (χ4n) is 2.88. The van der Waals surface area contributed by atoms with Gasteiger partial charge < -0.3 is 15.2 Å². The first-order valence-corrected chi connectivity index (χ1v) is 8.02. The Morgan fingerprint density at radius 1 is 1.40 bits per heavy atom. The van der Waals surface area contributed by atoms with E-state index in [1.807, 2.05) is 24.3 Å². The van der Waals surface area contributed by atoms with Crippen molar-refractivity contribution in [3.05, 3.63) is 29.8 Å². The standard InChI is InChI=1S/C15H19NO3S/c17-6-8-20-11-3-1-10(2-4-11)15(18)16-13-9-14-12(13)5-7-19-14/h1-4,12-14,17H,5-9H2,(H,16,18)/t12-,13+,14+/m1/s1. The summed E-state index contributed by atoms with van der Waals surface area (Å²) in [5.74, 6) is 1.19. The predicted octanol–water partition coefficient (Wildman–Crippen LogP) is 1.68. The number of benzene rings is 1. The summed E-state index contributed by atoms with van der Waals surface area (Å²) in [5, 5.41) is 11.9. The van der Waals surface area contributed by atoms with Gasteiger partial charge >= 0.3 is 0 Å². The quantitative estimate of drug-likeness (QED) is 0.811. The SMILES string of the molecule is O=C(N[C@H]1C[C@@H]2OCC[C@H]12)c1ccc(SCCO)cc1. The number of thioether (sulfide) groups is 1. The highest BCUT2D eigenvalue weighted by atomic mass is 32.2. The van der Waals surface area contributed by atoms with Crippen LogP contribution in [0.5, 0.6) is 0 Å². The van der Waals surface area contributed by atoms with Crippen molar-refractivity contribution in [3.8, 4) is 0 Å². The van der Waals surface area contributed by atoms with E-state index in [1.165, 1.54) is 0 Å². The van der Waals surface area contributed by atoms with Crippen molar-refractivity contribution >= 4 is 17.7 Å². The molecule has 1 amide bonds. The molecule has 0 bridgehead atoms. The number of ether oxygens (including phenoxy) is 1. The largest absolute Gasteiger partial charge is 0.396 e. The first-order chi connectivity index (χ1) is 9.78. The van der Waals surface area contributed by atoms with E-state index < -0.39 is 0 Å². The smallest absolute Gasteiger partial charge is 0.251 e. The van der Waals surface area contributed by atoms with Gasteiger partial charge in [-0.15, -0.1) is 11.8 Å². The van der Waals surface area contributed by atoms with Crippen molar-refractivity contribution in [1.29, 1.82) is 0 Å². The summed E-state index contributed by atoms with van der Waals surface area (Å²) in [6, 6.07) is 7.82. The Labute approximate surface area is 122 Å². The monoisotopic (exact) mass is 293 g/mol. The van der Waals surface area contributed by atoms with E-state index in [0.29, 0.717) is 23.3 Å². The van der Waals surface area contributed by atoms with Gasteiger partial charge in [-0.25, -0.2) is 0 Å². The molecule has 5 heteroatoms. The first kappa shape index (κ1) is 13.9. The molecule has 0 spiro atoms. The maximum atomic E-state index is 12.2. The summed E-state index contributed by atoms with van der Waals surface area (Å²) < 4.78 is 5.55. The molecule has 108 valence electrons. The number of amides is 1. The number of hydrogen-bond acceptors (Lipinski definition) is 4. The lowest BCUT2D eigenvalue weighted by Gasteiger charge is -2.39. The molecule has 4 nitrogen and oxygen atoms in total. The van der Waals surface area contributed by atoms with E-state index in [1.54, 1.807) is 11.8 Å². The third-order valence-electron chi connectivity index (χ3n) is 4.06. The Morgan fingerprint density at radius 2 is 2.20 bits per heavy atom. The minimum Gasteiger partial charge on any atom is -0.396 e. The molecule has 1 heterocycles. The summed E-state index contributed by atoms with van der Waals surface area (Å²) in [6.07, 6.45) is 2.38. The molecule has 2 fully saturated rings. The highest BCUT2D eigenvalue weighted by Gasteiger charge is 2.45. The lowest BCUT2D eigenvalue weighted by Crippen LogP contribution is -2.53. The van der Waals surface area contributed by atoms with Crippen LogP contribution in [0.3, 0.4) is 0 Å². The minimum absolute atomic E-state index is 0.000872. The average molecular weight is 293 g/mol. The van der Waals surface area contributed by atoms with Crippen LogP contribution in [0.4, 0.5) is 0 Å². The van der Waals surface area contributed by atoms with Crippen molar-refractivity contribution in [2.24, 2.45) is 5.92 Å². The second-order valence-electron chi connectivity index (χ2n) is 5.27. The third kappa shape index (κ3) is 2.85. The normalized spacial score (nSPS) is 27.8. The summed E-state index contributed by atoms with van der Waals surface area (Å²) in [5.41, 5.74) is 0.695. The van der Waals surface area contributed by atoms with Crippen LogP contribution in [-0.2, 0) is 4.74 Å². The van der Waals surface area contributed by atoms with E-state index in [-0.39, 0.29) is 18.6 Å². The topological polar surface area (TPSA) is 58.6 Å². The van der Waals surface area contributed by atoms with Gasteiger partial charge in [-0.3, -0.25) is 4.79 Å². The van der Waals surface area contributed by atoms with Crippen LogP contribution in [0.2, 0.25) is 0 Å². The molecule has 1 aromatic carbocycles. The summed E-state index contributed by atoms with van der Waals surface area (Å²) in [6.45, 7) is 0.998. The summed E-state index contributed by atoms with van der Waals surface area (Å²) in [7, 11) is 0. The molecular weight excluding hydrogens is 274 g/mol. The molecule has 2 aliphatic rings. The first-order valence-electron chi connectivity index (χ1n) is 7.04. The van der Waals surface area contributed by atoms with Gasteiger partial charge in [0.25, 0.3) is 5.91 Å². The number of fused-ring (bicyclic) bond motifs is 1. The Balaban J connectivity index is 1.54. The molecule has 0 unspecified atom stereocenters. The van der Waals surface area contributed by atoms with Gasteiger partial charge in [0.1, 0.15) is 0 Å². The van der Waals surface area contributed by atoms with Crippen molar-refractivity contribution in [1.82, 2.24) is 5.32 Å². The lowest BCUT2D eigenvalue weighted by atomic mass is 9.76. The van der Waals surface area contributed by atoms with Crippen molar-refractivity contribution < 1.29 is 14.6 Å². The zero-order valence-electron chi connectivity index (χ0n) is 11.2. The van der Waals surface area contributed by atoms with Crippen LogP contribution in [0, 0.1) is 5.92 Å². The van der Waals surface area contributed by atoms with E-state index in [2.05, 4.69) is 5.32 Å². The van der Waals surface area contributed by atoms with Gasteiger partial charge in [0, 0.05) is 34.8 Å². The zero-order valence-corrected chi connectivity index (χ0v) is 12.1. The number of rotatable bonds is 5. The highest BCUT2D eigenvalue weighted by molar-refractivity contribution is 7.99. The molecule has 1 saturated carbocycles. The summed E-state index contributed by atoms with van der Waals surface area (Å²) >= 11 is 1.58. The molecule has 1 aliphatic heterocycles. The van der Waals surface area contributed by atoms with Crippen molar-refractivity contribution in [2.75, 3.05) is 19.0 Å². The number of aliphatic hydroxyl groups excluding tert-OH is 1. The number of hydrogen-bond donors (Lipinski definition) is 2. The fraction of sp³-hybridized carbons (Fsp3) is 0.533. The van der Waals surface area contributed by atoms with E-state index in [4.69, 9.17) is 9.84 Å². The number of carbonyl (C=O) groups excluding carboxylic acids is 1. The molecular formula is C15H19NO3S. The third-order valence-corrected chi connectivity index (χ3v) is 5.05. The summed E-state index contributed by atoms with van der Waals surface area (Å²) in [4.78, 5) is 13.2. The predicted molar refractivity (Wildman–Crippen MR) is 78.0 cm³/mol. The highest BCUT2D eigenvalue weighted by Crippen LogP contribution is 2.38. The Hall–Kier alpha value is -1.04. The molecule has 1 aliphatic carbocycles. The van der Waals surface area contributed by atoms with Crippen LogP contribution in [0.25, 0.3) is 0 Å². The average Bonchev–Trinajstić information content (AvgIpc) is 2.84. The molecule has 1 saturated heterocycles. The van der Waals surface area contributed by atoms with Crippen molar-refractivity contribution in [3.63, 3.8) is 0 Å². The van der Waals surface area contributed by atoms with Gasteiger partial charge in [-0.05, 0) is 37.1 Å². The molecule has 1 aromatic rings. The lowest BCUT2D eigenvalue weighted by molar-refractivity contribution is 0.00810. The molecule has 20 heavy (non-hydrogen) atoms. The number of carbonyl (C=O) groups is 1. The van der Waals surface area contributed by atoms with Crippen molar-refractivity contribution in [2.45, 2.75) is 29.9 Å². The fourth-order valence-corrected chi connectivity index (χ4v) is 3.54. The van der Waals surface area contributed by atoms with Crippen LogP contribution in [0.1, 0.15) is 23.2 Å². The molecule has 3 atom stereocenters. The van der Waals surface area contributed by atoms with Crippen LogP contribution < -0.4 is 5.32 Å². The van der Waals surface area contributed by atoms with Gasteiger partial charge in [-0.2, -0.15) is 0 Å². The second-order valence-corrected chi connectivity index (χ2v) is 6.44. The second kappa shape index (κ2) is 6.16.